The van der Waals surface area contributed by atoms with Crippen LogP contribution in [0, 0.1) is 6.92 Å². The number of ether oxygens (including phenoxy) is 1. The number of hydrogen-bond acceptors (Lipinski definition) is 6. The van der Waals surface area contributed by atoms with Crippen molar-refractivity contribution in [3.63, 3.8) is 0 Å². The number of nitrogens with zero attached hydrogens (tertiary/aromatic N) is 2. The van der Waals surface area contributed by atoms with E-state index in [0.717, 1.165) is 4.31 Å². The van der Waals surface area contributed by atoms with Gasteiger partial charge in [-0.05, 0) is 32.0 Å². The minimum absolute atomic E-state index is 0.0496. The lowest BCUT2D eigenvalue weighted by molar-refractivity contribution is 0.251. The van der Waals surface area contributed by atoms with E-state index in [0.29, 0.717) is 23.8 Å². The van der Waals surface area contributed by atoms with E-state index in [1.165, 1.54) is 38.7 Å². The number of oxazole rings is 1. The van der Waals surface area contributed by atoms with Crippen molar-refractivity contribution >= 4 is 21.7 Å². The second-order valence-electron chi connectivity index (χ2n) is 5.54. The zero-order chi connectivity index (χ0) is 19.3. The van der Waals surface area contributed by atoms with E-state index < -0.39 is 16.1 Å². The third kappa shape index (κ3) is 4.52. The van der Waals surface area contributed by atoms with E-state index in [1.807, 2.05) is 0 Å². The van der Waals surface area contributed by atoms with E-state index in [1.54, 1.807) is 13.8 Å². The number of urea groups is 1. The summed E-state index contributed by atoms with van der Waals surface area (Å²) < 4.78 is 36.2. The predicted molar refractivity (Wildman–Crippen MR) is 95.6 cm³/mol. The van der Waals surface area contributed by atoms with Crippen LogP contribution in [-0.4, -0.2) is 44.4 Å². The first-order valence-corrected chi connectivity index (χ1v) is 9.33. The monoisotopic (exact) mass is 382 g/mol. The van der Waals surface area contributed by atoms with Gasteiger partial charge in [0.05, 0.1) is 23.7 Å². The van der Waals surface area contributed by atoms with Gasteiger partial charge in [0, 0.05) is 14.1 Å². The molecule has 9 nitrogen and oxygen atoms in total. The molecule has 0 aliphatic heterocycles. The van der Waals surface area contributed by atoms with Crippen LogP contribution in [0.3, 0.4) is 0 Å². The van der Waals surface area contributed by atoms with Crippen LogP contribution in [-0.2, 0) is 16.6 Å². The van der Waals surface area contributed by atoms with Gasteiger partial charge in [0.1, 0.15) is 17.2 Å². The second kappa shape index (κ2) is 8.19. The van der Waals surface area contributed by atoms with Crippen LogP contribution in [0.25, 0.3) is 0 Å². The van der Waals surface area contributed by atoms with E-state index >= 15 is 0 Å². The number of hydrogen-bond donors (Lipinski definition) is 2. The molecule has 0 saturated heterocycles. The first-order chi connectivity index (χ1) is 12.3. The van der Waals surface area contributed by atoms with Crippen molar-refractivity contribution in [1.29, 1.82) is 0 Å². The molecule has 0 aliphatic carbocycles. The summed E-state index contributed by atoms with van der Waals surface area (Å²) in [6.45, 7) is 4.08. The van der Waals surface area contributed by atoms with Gasteiger partial charge in [0.25, 0.3) is 0 Å². The topological polar surface area (TPSA) is 114 Å². The maximum atomic E-state index is 12.3. The summed E-state index contributed by atoms with van der Waals surface area (Å²) in [5.41, 5.74) is 0.860. The Morgan fingerprint density at radius 1 is 1.35 bits per heavy atom. The van der Waals surface area contributed by atoms with Crippen molar-refractivity contribution in [3.8, 4) is 5.75 Å². The molecule has 142 valence electrons. The molecule has 2 amide bonds. The Hall–Kier alpha value is -2.59. The Bertz CT molecular complexity index is 877. The van der Waals surface area contributed by atoms with E-state index in [9.17, 15) is 13.2 Å². The molecule has 0 atom stereocenters. The zero-order valence-electron chi connectivity index (χ0n) is 15.1. The number of nitrogens with one attached hydrogen (secondary N) is 2. The van der Waals surface area contributed by atoms with Crippen molar-refractivity contribution in [2.24, 2.45) is 0 Å². The van der Waals surface area contributed by atoms with Crippen LogP contribution in [0.15, 0.2) is 33.9 Å². The summed E-state index contributed by atoms with van der Waals surface area (Å²) >= 11 is 0. The molecular formula is C16H22N4O5S. The number of amides is 2. The molecule has 1 aromatic carbocycles. The third-order valence-electron chi connectivity index (χ3n) is 3.54. The summed E-state index contributed by atoms with van der Waals surface area (Å²) in [6, 6.07) is 3.79. The molecule has 2 aromatic rings. The minimum Gasteiger partial charge on any atom is -0.492 e. The highest BCUT2D eigenvalue weighted by atomic mass is 32.2. The lowest BCUT2D eigenvalue weighted by Gasteiger charge is -2.16. The molecular weight excluding hydrogens is 360 g/mol. The largest absolute Gasteiger partial charge is 0.492 e. The Labute approximate surface area is 152 Å². The molecule has 0 fully saturated rings. The number of aryl methyl sites for hydroxylation is 1. The lowest BCUT2D eigenvalue weighted by Crippen LogP contribution is -2.29. The van der Waals surface area contributed by atoms with Crippen LogP contribution in [0.2, 0.25) is 0 Å². The van der Waals surface area contributed by atoms with Gasteiger partial charge in [-0.2, -0.15) is 0 Å². The van der Waals surface area contributed by atoms with Crippen molar-refractivity contribution in [2.45, 2.75) is 25.3 Å². The summed E-state index contributed by atoms with van der Waals surface area (Å²) in [6.07, 6.45) is 1.30. The van der Waals surface area contributed by atoms with Gasteiger partial charge < -0.3 is 19.8 Å². The summed E-state index contributed by atoms with van der Waals surface area (Å²) in [7, 11) is -0.764. The van der Waals surface area contributed by atoms with Gasteiger partial charge in [-0.1, -0.05) is 0 Å². The van der Waals surface area contributed by atoms with Crippen molar-refractivity contribution in [1.82, 2.24) is 14.6 Å². The molecule has 0 saturated carbocycles. The predicted octanol–water partition coefficient (Wildman–Crippen LogP) is 1.95. The van der Waals surface area contributed by atoms with Gasteiger partial charge in [-0.15, -0.1) is 0 Å². The Morgan fingerprint density at radius 3 is 2.65 bits per heavy atom. The average Bonchev–Trinajstić information content (AvgIpc) is 2.99. The number of sulfonamides is 1. The van der Waals surface area contributed by atoms with Gasteiger partial charge in [-0.25, -0.2) is 22.5 Å². The Kier molecular flexibility index (Phi) is 6.22. The smallest absolute Gasteiger partial charge is 0.319 e. The quantitative estimate of drug-likeness (QED) is 0.757. The van der Waals surface area contributed by atoms with Crippen LogP contribution in [0.1, 0.15) is 18.4 Å². The van der Waals surface area contributed by atoms with Crippen LogP contribution >= 0.6 is 0 Å². The summed E-state index contributed by atoms with van der Waals surface area (Å²) in [5.74, 6) is 0.984. The van der Waals surface area contributed by atoms with Gasteiger partial charge in [0.2, 0.25) is 10.0 Å². The number of anilines is 1. The first kappa shape index (κ1) is 19.7. The van der Waals surface area contributed by atoms with Crippen molar-refractivity contribution < 1.29 is 22.4 Å². The molecule has 1 aromatic heterocycles. The van der Waals surface area contributed by atoms with Crippen LogP contribution in [0.5, 0.6) is 5.75 Å². The number of benzene rings is 1. The van der Waals surface area contributed by atoms with E-state index in [-0.39, 0.29) is 17.1 Å². The fraction of sp³-hybridized carbons (Fsp3) is 0.375. The number of carbonyl (C=O) groups is 1. The normalized spacial score (nSPS) is 11.4. The molecule has 0 radical (unpaired) electrons. The standard InChI is InChI=1S/C16H22N4O5S/c1-5-24-15-7-6-12(26(22,23)20(3)4)8-13(15)19-16(21)17-9-14-11(2)25-10-18-14/h6-8,10H,5,9H2,1-4H3,(H2,17,19,21). The lowest BCUT2D eigenvalue weighted by atomic mass is 10.3. The van der Waals surface area contributed by atoms with Crippen molar-refractivity contribution in [3.05, 3.63) is 36.0 Å². The number of aromatic nitrogens is 1. The maximum absolute atomic E-state index is 12.3. The molecule has 2 rings (SSSR count). The number of carbonyl (C=O) groups excluding carboxylic acids is 1. The molecule has 1 heterocycles. The molecule has 0 unspecified atom stereocenters. The van der Waals surface area contributed by atoms with Gasteiger partial charge >= 0.3 is 6.03 Å². The molecule has 0 bridgehead atoms. The third-order valence-corrected chi connectivity index (χ3v) is 5.35. The molecule has 2 N–H and O–H groups in total. The fourth-order valence-corrected chi connectivity index (χ4v) is 3.02. The fourth-order valence-electron chi connectivity index (χ4n) is 2.09. The summed E-state index contributed by atoms with van der Waals surface area (Å²) in [5, 5.41) is 5.25. The molecule has 0 aliphatic rings. The van der Waals surface area contributed by atoms with Crippen LogP contribution in [0.4, 0.5) is 10.5 Å². The average molecular weight is 382 g/mol. The van der Waals surface area contributed by atoms with Gasteiger partial charge in [0.15, 0.2) is 6.39 Å². The molecule has 26 heavy (non-hydrogen) atoms. The highest BCUT2D eigenvalue weighted by molar-refractivity contribution is 7.89. The molecule has 0 spiro atoms. The Balaban J connectivity index is 2.19. The van der Waals surface area contributed by atoms with Gasteiger partial charge in [-0.3, -0.25) is 0 Å². The van der Waals surface area contributed by atoms with Crippen LogP contribution < -0.4 is 15.4 Å². The SMILES string of the molecule is CCOc1ccc(S(=O)(=O)N(C)C)cc1NC(=O)NCc1ncoc1C. The number of rotatable bonds is 7. The highest BCUT2D eigenvalue weighted by Gasteiger charge is 2.20. The van der Waals surface area contributed by atoms with E-state index in [4.69, 9.17) is 9.15 Å². The second-order valence-corrected chi connectivity index (χ2v) is 7.69. The first-order valence-electron chi connectivity index (χ1n) is 7.89. The maximum Gasteiger partial charge on any atom is 0.319 e. The van der Waals surface area contributed by atoms with Crippen molar-refractivity contribution in [2.75, 3.05) is 26.0 Å². The summed E-state index contributed by atoms with van der Waals surface area (Å²) in [4.78, 5) is 16.2. The zero-order valence-corrected chi connectivity index (χ0v) is 15.9. The highest BCUT2D eigenvalue weighted by Crippen LogP contribution is 2.28. The minimum atomic E-state index is -3.64. The molecule has 10 heteroatoms. The van der Waals surface area contributed by atoms with E-state index in [2.05, 4.69) is 15.6 Å². The Morgan fingerprint density at radius 2 is 2.08 bits per heavy atom.